The molecule has 2 aromatic rings. The average molecular weight is 689 g/mol. The van der Waals surface area contributed by atoms with Crippen LogP contribution in [-0.2, 0) is 46.2 Å². The average Bonchev–Trinajstić information content (AvgIpc) is 3.31. The Morgan fingerprint density at radius 3 is 2.05 bits per heavy atom. The lowest BCUT2D eigenvalue weighted by atomic mass is 10.0. The van der Waals surface area contributed by atoms with Crippen LogP contribution in [0.4, 0.5) is 15.4 Å². The smallest absolute Gasteiger partial charge is 0.464 e. The summed E-state index contributed by atoms with van der Waals surface area (Å²) in [5.74, 6) is -0.706. The Kier molecular flexibility index (Phi) is 9.51. The molecule has 236 valence electrons. The van der Waals surface area contributed by atoms with Crippen LogP contribution in [0.25, 0.3) is 11.2 Å². The van der Waals surface area contributed by atoms with Gasteiger partial charge < -0.3 is 49.6 Å². The summed E-state index contributed by atoms with van der Waals surface area (Å²) in [6, 6.07) is 0. The number of phosphoric acid groups is 4. The van der Waals surface area contributed by atoms with Gasteiger partial charge >= 0.3 is 43.5 Å². The van der Waals surface area contributed by atoms with E-state index in [1.807, 2.05) is 0 Å². The maximum absolute atomic E-state index is 12.1. The number of aliphatic hydroxyl groups is 2. The molecule has 2 aromatic heterocycles. The van der Waals surface area contributed by atoms with Crippen molar-refractivity contribution in [3.63, 3.8) is 0 Å². The van der Waals surface area contributed by atoms with Crippen molar-refractivity contribution in [2.24, 2.45) is 0 Å². The Morgan fingerprint density at radius 2 is 1.50 bits per heavy atom. The zero-order valence-corrected chi connectivity index (χ0v) is 23.7. The van der Waals surface area contributed by atoms with Crippen LogP contribution in [-0.4, -0.2) is 102 Å². The lowest BCUT2D eigenvalue weighted by Crippen LogP contribution is -2.43. The van der Waals surface area contributed by atoms with Crippen molar-refractivity contribution in [2.45, 2.75) is 31.0 Å². The summed E-state index contributed by atoms with van der Waals surface area (Å²) in [6.45, 7) is -0.0867. The highest BCUT2D eigenvalue weighted by molar-refractivity contribution is 7.69. The van der Waals surface area contributed by atoms with Gasteiger partial charge in [-0.3, -0.25) is 9.09 Å². The molecular weight excluding hydrogens is 670 g/mol. The van der Waals surface area contributed by atoms with Gasteiger partial charge in [0.25, 0.3) is 0 Å². The lowest BCUT2D eigenvalue weighted by molar-refractivity contribution is -0.131. The zero-order chi connectivity index (χ0) is 32.1. The van der Waals surface area contributed by atoms with Gasteiger partial charge in [-0.1, -0.05) is 0 Å². The van der Waals surface area contributed by atoms with E-state index < -0.39 is 85.5 Å². The third kappa shape index (κ3) is 7.62. The van der Waals surface area contributed by atoms with Gasteiger partial charge in [0, 0.05) is 0 Å². The second-order valence-electron chi connectivity index (χ2n) is 7.97. The molecule has 3 rings (SSSR count). The van der Waals surface area contributed by atoms with Gasteiger partial charge in [-0.15, -0.1) is 0 Å². The first-order valence-electron chi connectivity index (χ1n) is 10.3. The molecule has 0 saturated carbocycles. The molecule has 25 nitrogen and oxygen atoms in total. The Bertz CT molecular complexity index is 1560. The second kappa shape index (κ2) is 11.7. The van der Waals surface area contributed by atoms with E-state index in [2.05, 4.69) is 32.4 Å². The molecule has 1 aliphatic heterocycles. The Balaban J connectivity index is 1.80. The first kappa shape index (κ1) is 34.2. The van der Waals surface area contributed by atoms with E-state index in [0.717, 1.165) is 24.1 Å². The minimum Gasteiger partial charge on any atom is -0.464 e. The van der Waals surface area contributed by atoms with Crippen molar-refractivity contribution in [2.75, 3.05) is 11.5 Å². The van der Waals surface area contributed by atoms with Crippen molar-refractivity contribution < 1.29 is 94.9 Å². The van der Waals surface area contributed by atoms with E-state index in [4.69, 9.17) is 19.4 Å². The fourth-order valence-corrected chi connectivity index (χ4v) is 7.95. The number of rotatable bonds is 11. The normalized spacial score (nSPS) is 27.2. The van der Waals surface area contributed by atoms with Crippen molar-refractivity contribution >= 4 is 60.5 Å². The first-order chi connectivity index (χ1) is 19.0. The summed E-state index contributed by atoms with van der Waals surface area (Å²) in [5.41, 5.74) is -2.81. The quantitative estimate of drug-likeness (QED) is 0.131. The van der Waals surface area contributed by atoms with E-state index in [1.54, 1.807) is 0 Å². The number of phosphoric ester groups is 1. The van der Waals surface area contributed by atoms with Crippen LogP contribution in [0.15, 0.2) is 12.7 Å². The summed E-state index contributed by atoms with van der Waals surface area (Å²) in [6.07, 6.45) is -7.90. The van der Waals surface area contributed by atoms with Gasteiger partial charge in [0.15, 0.2) is 22.7 Å². The predicted octanol–water partition coefficient (Wildman–Crippen LogP) is -0.758. The number of hydrogen-bond donors (Lipinski definition) is 9. The van der Waals surface area contributed by atoms with E-state index in [1.165, 1.54) is 0 Å². The van der Waals surface area contributed by atoms with Crippen LogP contribution in [0, 0.1) is 0 Å². The monoisotopic (exact) mass is 689 g/mol. The number of nitrogens with zero attached hydrogens (tertiary/aromatic N) is 5. The molecule has 3 heterocycles. The van der Waals surface area contributed by atoms with Crippen LogP contribution >= 0.6 is 31.3 Å². The van der Waals surface area contributed by atoms with Gasteiger partial charge in [-0.25, -0.2) is 42.8 Å². The van der Waals surface area contributed by atoms with Gasteiger partial charge in [0.05, 0.1) is 12.9 Å². The third-order valence-electron chi connectivity index (χ3n) is 5.05. The first-order valence-corrected chi connectivity index (χ1v) is 16.3. The number of imidazole rings is 1. The van der Waals surface area contributed by atoms with E-state index in [0.29, 0.717) is 0 Å². The van der Waals surface area contributed by atoms with E-state index >= 15 is 0 Å². The number of fused-ring (bicyclic) bond motifs is 1. The summed E-state index contributed by atoms with van der Waals surface area (Å²) < 4.78 is 67.3. The van der Waals surface area contributed by atoms with Crippen molar-refractivity contribution in [3.8, 4) is 0 Å². The molecule has 3 unspecified atom stereocenters. The van der Waals surface area contributed by atoms with Gasteiger partial charge in [0.1, 0.15) is 24.6 Å². The fraction of sp³-hybridized carbons (Fsp3) is 0.462. The van der Waals surface area contributed by atoms with Gasteiger partial charge in [-0.05, 0) is 6.92 Å². The molecule has 29 heteroatoms. The maximum Gasteiger partial charge on any atom is 0.490 e. The minimum absolute atomic E-state index is 0.183. The summed E-state index contributed by atoms with van der Waals surface area (Å²) in [7, 11) is -23.7. The third-order valence-corrected chi connectivity index (χ3v) is 10.5. The summed E-state index contributed by atoms with van der Waals surface area (Å²) in [5, 5.41) is 39.6. The largest absolute Gasteiger partial charge is 0.490 e. The molecule has 0 bridgehead atoms. The molecule has 0 spiro atoms. The number of carboxylic acid groups (broad SMARTS) is 2. The van der Waals surface area contributed by atoms with Crippen LogP contribution in [0.1, 0.15) is 6.92 Å². The number of ether oxygens (including phenoxy) is 1. The molecule has 1 fully saturated rings. The number of aromatic nitrogens is 4. The standard InChI is InChI=1S/C13H19N5O20P4/c1-13(17-4-16-6-9(17)14-3-15-10(6)18(11(21)22)12(23)24)8(20)7(19)5(35-13)2-34-40(28,29)37-42(32,33)38-41(30,31)36-39(25,26)27/h3-5,7-8,19-20H,2H2,1H3,(H,21,22)(H,23,24)(H,28,29)(H,30,31)(H,32,33)(H2,25,26,27)/t5-,7-,8-,13-/m1/s1. The Morgan fingerprint density at radius 1 is 0.952 bits per heavy atom. The minimum atomic E-state index is -6.12. The zero-order valence-electron chi connectivity index (χ0n) is 20.1. The molecule has 9 N–H and O–H groups in total. The van der Waals surface area contributed by atoms with Crippen LogP contribution in [0.5, 0.6) is 0 Å². The number of anilines is 1. The summed E-state index contributed by atoms with van der Waals surface area (Å²) >= 11 is 0. The highest BCUT2D eigenvalue weighted by Crippen LogP contribution is 2.70. The van der Waals surface area contributed by atoms with Gasteiger partial charge in [-0.2, -0.15) is 17.8 Å². The highest BCUT2D eigenvalue weighted by Gasteiger charge is 2.54. The topological polar surface area (TPSA) is 377 Å². The molecule has 0 aliphatic carbocycles. The number of amides is 2. The molecule has 0 radical (unpaired) electrons. The maximum atomic E-state index is 12.1. The molecular formula is C13H19N5O20P4. The molecule has 42 heavy (non-hydrogen) atoms. The fourth-order valence-electron chi connectivity index (χ4n) is 3.49. The second-order valence-corrected chi connectivity index (χ2v) is 14.0. The van der Waals surface area contributed by atoms with Crippen LogP contribution in [0.2, 0.25) is 0 Å². The van der Waals surface area contributed by atoms with Crippen molar-refractivity contribution in [1.29, 1.82) is 0 Å². The van der Waals surface area contributed by atoms with Gasteiger partial charge in [0.2, 0.25) is 0 Å². The molecule has 1 aliphatic rings. The molecule has 1 saturated heterocycles. The van der Waals surface area contributed by atoms with Crippen molar-refractivity contribution in [3.05, 3.63) is 12.7 Å². The Hall–Kier alpha value is -2.27. The van der Waals surface area contributed by atoms with E-state index in [-0.39, 0.29) is 10.5 Å². The van der Waals surface area contributed by atoms with Crippen molar-refractivity contribution in [1.82, 2.24) is 19.5 Å². The predicted molar refractivity (Wildman–Crippen MR) is 125 cm³/mol. The number of hydrogen-bond acceptors (Lipinski definition) is 16. The van der Waals surface area contributed by atoms with E-state index in [9.17, 15) is 58.1 Å². The molecule has 0 aromatic carbocycles. The van der Waals surface area contributed by atoms with Crippen LogP contribution in [0.3, 0.4) is 0 Å². The lowest BCUT2D eigenvalue weighted by Gasteiger charge is -2.29. The SMILES string of the molecule is C[C@@]1(n2cnc3c(N(C(=O)O)C(=O)O)ncnc32)O[C@H](COP(=O)(O)OP(=O)(O)OP(=O)(O)OP(=O)(O)O)[C@@H](O)[C@H]1O. The molecule has 2 amide bonds. The molecule has 7 atom stereocenters. The Labute approximate surface area is 230 Å². The highest BCUT2D eigenvalue weighted by atomic mass is 31.3. The number of aliphatic hydroxyl groups excluding tert-OH is 2. The van der Waals surface area contributed by atoms with Crippen LogP contribution < -0.4 is 4.90 Å². The number of imide groups is 1. The summed E-state index contributed by atoms with van der Waals surface area (Å²) in [4.78, 5) is 79.1. The number of carbonyl (C=O) groups is 2.